The number of rotatable bonds is 3. The average Bonchev–Trinajstić information content (AvgIpc) is 2.83. The Morgan fingerprint density at radius 1 is 1.38 bits per heavy atom. The van der Waals surface area contributed by atoms with Crippen molar-refractivity contribution in [2.75, 3.05) is 18.2 Å². The maximum Gasteiger partial charge on any atom is 0.238 e. The van der Waals surface area contributed by atoms with Crippen LogP contribution >= 0.6 is 11.8 Å². The minimum atomic E-state index is 0.00505. The van der Waals surface area contributed by atoms with Gasteiger partial charge in [0.05, 0.1) is 18.2 Å². The lowest BCUT2D eigenvalue weighted by molar-refractivity contribution is -0.123. The van der Waals surface area contributed by atoms with Gasteiger partial charge in [-0.25, -0.2) is 0 Å². The quantitative estimate of drug-likeness (QED) is 0.749. The lowest BCUT2D eigenvalue weighted by atomic mass is 10.1. The molecule has 0 aromatic heterocycles. The lowest BCUT2D eigenvalue weighted by Crippen LogP contribution is -2.49. The summed E-state index contributed by atoms with van der Waals surface area (Å²) in [4.78, 5) is 11.9. The third kappa shape index (κ3) is 2.21. The lowest BCUT2D eigenvalue weighted by Gasteiger charge is -2.21. The minimum absolute atomic E-state index is 0.00505. The van der Waals surface area contributed by atoms with Crippen molar-refractivity contribution in [1.82, 2.24) is 10.6 Å². The van der Waals surface area contributed by atoms with Crippen LogP contribution in [0.4, 0.5) is 0 Å². The second-order valence-electron chi connectivity index (χ2n) is 4.85. The number of carbonyl (C=O) groups excluding carboxylic acids is 1. The Morgan fingerprint density at radius 2 is 2.25 bits per heavy atom. The molecule has 1 amide bonds. The standard InChI is InChI=1S/C11H18N2O2S/c14-11(9-5-16-6-12-9)13-8-3-4-15-10(8)7-1-2-7/h7-10,12H,1-6H2,(H,13,14). The number of ether oxygens (including phenoxy) is 1. The summed E-state index contributed by atoms with van der Waals surface area (Å²) in [6.07, 6.45) is 3.81. The summed E-state index contributed by atoms with van der Waals surface area (Å²) in [6.45, 7) is 0.805. The number of hydrogen-bond acceptors (Lipinski definition) is 4. The molecule has 2 aliphatic heterocycles. The van der Waals surface area contributed by atoms with Crippen LogP contribution in [0.1, 0.15) is 19.3 Å². The van der Waals surface area contributed by atoms with E-state index < -0.39 is 0 Å². The molecular weight excluding hydrogens is 224 g/mol. The first kappa shape index (κ1) is 10.9. The normalized spacial score (nSPS) is 38.9. The molecule has 3 aliphatic rings. The van der Waals surface area contributed by atoms with E-state index in [1.54, 1.807) is 11.8 Å². The molecule has 0 aromatic rings. The first-order valence-corrected chi connectivity index (χ1v) is 7.23. The van der Waals surface area contributed by atoms with Crippen LogP contribution in [0, 0.1) is 5.92 Å². The zero-order valence-corrected chi connectivity index (χ0v) is 10.1. The molecule has 0 bridgehead atoms. The van der Waals surface area contributed by atoms with Crippen LogP contribution in [0.3, 0.4) is 0 Å². The van der Waals surface area contributed by atoms with Crippen LogP contribution in [-0.4, -0.2) is 42.3 Å². The van der Waals surface area contributed by atoms with Gasteiger partial charge in [0.25, 0.3) is 0 Å². The smallest absolute Gasteiger partial charge is 0.238 e. The first-order valence-electron chi connectivity index (χ1n) is 6.08. The van der Waals surface area contributed by atoms with E-state index in [0.717, 1.165) is 24.7 Å². The molecule has 1 saturated carbocycles. The third-order valence-electron chi connectivity index (χ3n) is 3.58. The van der Waals surface area contributed by atoms with Crippen molar-refractivity contribution in [3.05, 3.63) is 0 Å². The van der Waals surface area contributed by atoms with Crippen LogP contribution < -0.4 is 10.6 Å². The zero-order valence-electron chi connectivity index (χ0n) is 9.28. The summed E-state index contributed by atoms with van der Waals surface area (Å²) in [5.41, 5.74) is 0. The molecule has 3 atom stereocenters. The van der Waals surface area contributed by atoms with Gasteiger partial charge in [0.2, 0.25) is 5.91 Å². The van der Waals surface area contributed by atoms with Crippen molar-refractivity contribution in [1.29, 1.82) is 0 Å². The predicted molar refractivity (Wildman–Crippen MR) is 63.3 cm³/mol. The molecule has 4 nitrogen and oxygen atoms in total. The molecule has 0 aromatic carbocycles. The molecule has 5 heteroatoms. The number of amides is 1. The Hall–Kier alpha value is -0.260. The molecule has 0 radical (unpaired) electrons. The van der Waals surface area contributed by atoms with Gasteiger partial charge in [-0.1, -0.05) is 0 Å². The van der Waals surface area contributed by atoms with E-state index in [4.69, 9.17) is 4.74 Å². The van der Waals surface area contributed by atoms with Gasteiger partial charge in [-0.3, -0.25) is 10.1 Å². The van der Waals surface area contributed by atoms with E-state index in [-0.39, 0.29) is 24.1 Å². The Balaban J connectivity index is 1.54. The van der Waals surface area contributed by atoms with Crippen LogP contribution in [0.25, 0.3) is 0 Å². The molecule has 16 heavy (non-hydrogen) atoms. The fourth-order valence-electron chi connectivity index (χ4n) is 2.50. The topological polar surface area (TPSA) is 50.4 Å². The van der Waals surface area contributed by atoms with Gasteiger partial charge in [-0.2, -0.15) is 0 Å². The Bertz CT molecular complexity index is 277. The van der Waals surface area contributed by atoms with Crippen molar-refractivity contribution in [2.45, 2.75) is 37.5 Å². The average molecular weight is 242 g/mol. The van der Waals surface area contributed by atoms with E-state index in [9.17, 15) is 4.79 Å². The van der Waals surface area contributed by atoms with E-state index in [0.29, 0.717) is 5.92 Å². The van der Waals surface area contributed by atoms with E-state index in [1.807, 2.05) is 0 Å². The van der Waals surface area contributed by atoms with Gasteiger partial charge >= 0.3 is 0 Å². The van der Waals surface area contributed by atoms with Crippen LogP contribution in [-0.2, 0) is 9.53 Å². The monoisotopic (exact) mass is 242 g/mol. The van der Waals surface area contributed by atoms with Gasteiger partial charge in [-0.15, -0.1) is 11.8 Å². The highest BCUT2D eigenvalue weighted by Crippen LogP contribution is 2.38. The van der Waals surface area contributed by atoms with Crippen LogP contribution in [0.5, 0.6) is 0 Å². The third-order valence-corrected chi connectivity index (χ3v) is 4.52. The van der Waals surface area contributed by atoms with Crippen molar-refractivity contribution >= 4 is 17.7 Å². The summed E-state index contributed by atoms with van der Waals surface area (Å²) in [6, 6.07) is 0.262. The second kappa shape index (κ2) is 4.55. The number of nitrogens with one attached hydrogen (secondary N) is 2. The molecule has 90 valence electrons. The summed E-state index contributed by atoms with van der Waals surface area (Å²) in [7, 11) is 0. The number of carbonyl (C=O) groups is 1. The largest absolute Gasteiger partial charge is 0.376 e. The van der Waals surface area contributed by atoms with Crippen molar-refractivity contribution in [3.8, 4) is 0 Å². The van der Waals surface area contributed by atoms with Gasteiger partial charge in [0, 0.05) is 18.2 Å². The SMILES string of the molecule is O=C(NC1CCOC1C1CC1)C1CSCN1. The molecule has 2 N–H and O–H groups in total. The molecule has 3 unspecified atom stereocenters. The van der Waals surface area contributed by atoms with Crippen molar-refractivity contribution in [2.24, 2.45) is 5.92 Å². The molecule has 2 saturated heterocycles. The van der Waals surface area contributed by atoms with Gasteiger partial charge in [0.15, 0.2) is 0 Å². The fraction of sp³-hybridized carbons (Fsp3) is 0.909. The van der Waals surface area contributed by atoms with Crippen LogP contribution in [0.2, 0.25) is 0 Å². The highest BCUT2D eigenvalue weighted by Gasteiger charge is 2.41. The zero-order chi connectivity index (χ0) is 11.0. The Morgan fingerprint density at radius 3 is 2.94 bits per heavy atom. The molecule has 2 heterocycles. The van der Waals surface area contributed by atoms with Crippen LogP contribution in [0.15, 0.2) is 0 Å². The molecule has 3 fully saturated rings. The maximum absolute atomic E-state index is 11.9. The van der Waals surface area contributed by atoms with Crippen molar-refractivity contribution < 1.29 is 9.53 Å². The summed E-state index contributed by atoms with van der Waals surface area (Å²) in [5, 5.41) is 6.35. The van der Waals surface area contributed by atoms with Crippen molar-refractivity contribution in [3.63, 3.8) is 0 Å². The maximum atomic E-state index is 11.9. The second-order valence-corrected chi connectivity index (χ2v) is 5.88. The summed E-state index contributed by atoms with van der Waals surface area (Å²) in [5.74, 6) is 2.66. The summed E-state index contributed by atoms with van der Waals surface area (Å²) < 4.78 is 5.71. The summed E-state index contributed by atoms with van der Waals surface area (Å²) >= 11 is 1.78. The molecule has 0 spiro atoms. The Kier molecular flexibility index (Phi) is 3.09. The molecule has 3 rings (SSSR count). The number of hydrogen-bond donors (Lipinski definition) is 2. The van der Waals surface area contributed by atoms with E-state index in [2.05, 4.69) is 10.6 Å². The molecule has 1 aliphatic carbocycles. The Labute approximate surface area is 99.9 Å². The molecular formula is C11H18N2O2S. The van der Waals surface area contributed by atoms with Gasteiger partial charge < -0.3 is 10.1 Å². The number of thioether (sulfide) groups is 1. The van der Waals surface area contributed by atoms with E-state index >= 15 is 0 Å². The van der Waals surface area contributed by atoms with Gasteiger partial charge in [-0.05, 0) is 25.2 Å². The first-order chi connectivity index (χ1) is 7.84. The highest BCUT2D eigenvalue weighted by molar-refractivity contribution is 7.99. The highest BCUT2D eigenvalue weighted by atomic mass is 32.2. The minimum Gasteiger partial charge on any atom is -0.376 e. The van der Waals surface area contributed by atoms with Gasteiger partial charge in [0.1, 0.15) is 0 Å². The van der Waals surface area contributed by atoms with E-state index in [1.165, 1.54) is 12.8 Å². The fourth-order valence-corrected chi connectivity index (χ4v) is 3.44. The predicted octanol–water partition coefficient (Wildman–Crippen LogP) is 0.333.